The summed E-state index contributed by atoms with van der Waals surface area (Å²) >= 11 is 6.41. The number of amides is 1. The molecule has 0 atom stereocenters. The maximum absolute atomic E-state index is 11.4. The lowest BCUT2D eigenvalue weighted by atomic mass is 10.2. The minimum absolute atomic E-state index is 0.0816. The zero-order valence-electron chi connectivity index (χ0n) is 8.37. The van der Waals surface area contributed by atoms with Gasteiger partial charge in [0.1, 0.15) is 11.4 Å². The third-order valence-electron chi connectivity index (χ3n) is 2.06. The Morgan fingerprint density at radius 2 is 1.94 bits per heavy atom. The van der Waals surface area contributed by atoms with Crippen molar-refractivity contribution in [2.75, 3.05) is 0 Å². The molecule has 0 saturated heterocycles. The van der Waals surface area contributed by atoms with Gasteiger partial charge in [0.15, 0.2) is 0 Å². The van der Waals surface area contributed by atoms with Gasteiger partial charge in [-0.25, -0.2) is 4.99 Å². The Balaban J connectivity index is 2.43. The lowest BCUT2D eigenvalue weighted by Gasteiger charge is -2.02. The largest absolute Gasteiger partial charge is 0.506 e. The number of nitrogens with zero attached hydrogens (tertiary/aromatic N) is 1. The van der Waals surface area contributed by atoms with Crippen molar-refractivity contribution in [3.05, 3.63) is 32.3 Å². The highest BCUT2D eigenvalue weighted by atomic mass is 79.9. The highest BCUT2D eigenvalue weighted by Gasteiger charge is 2.17. The van der Waals surface area contributed by atoms with Crippen LogP contribution >= 0.6 is 31.9 Å². The summed E-state index contributed by atoms with van der Waals surface area (Å²) in [7, 11) is 0. The molecule has 17 heavy (non-hydrogen) atoms. The quantitative estimate of drug-likeness (QED) is 0.666. The van der Waals surface area contributed by atoms with Crippen LogP contribution in [-0.2, 0) is 4.79 Å². The fraction of sp³-hybridized carbons (Fsp3) is 0. The number of carbonyl (C=O) groups is 1. The third kappa shape index (κ3) is 2.50. The standard InChI is InChI=1S/C10H7Br2N3O2/c11-5-1-4(2-6(12)8(5)16)3-7-9(17)15-10(13)14-7/h1-3,16H,(H3,13,14,15,17)/b7-3-. The van der Waals surface area contributed by atoms with Crippen molar-refractivity contribution in [1.29, 1.82) is 0 Å². The molecule has 1 amide bonds. The Morgan fingerprint density at radius 3 is 2.41 bits per heavy atom. The van der Waals surface area contributed by atoms with Gasteiger partial charge >= 0.3 is 0 Å². The summed E-state index contributed by atoms with van der Waals surface area (Å²) in [5, 5.41) is 11.9. The summed E-state index contributed by atoms with van der Waals surface area (Å²) < 4.78 is 1.04. The van der Waals surface area contributed by atoms with E-state index in [1.807, 2.05) is 0 Å². The van der Waals surface area contributed by atoms with Crippen LogP contribution in [0.15, 0.2) is 31.8 Å². The fourth-order valence-electron chi connectivity index (χ4n) is 1.31. The van der Waals surface area contributed by atoms with Crippen molar-refractivity contribution >= 4 is 49.8 Å². The van der Waals surface area contributed by atoms with E-state index >= 15 is 0 Å². The minimum atomic E-state index is -0.345. The van der Waals surface area contributed by atoms with Crippen molar-refractivity contribution < 1.29 is 9.90 Å². The van der Waals surface area contributed by atoms with E-state index in [1.165, 1.54) is 0 Å². The molecule has 0 fully saturated rings. The fourth-order valence-corrected chi connectivity index (χ4v) is 2.53. The summed E-state index contributed by atoms with van der Waals surface area (Å²) in [4.78, 5) is 15.2. The van der Waals surface area contributed by atoms with Crippen LogP contribution < -0.4 is 11.1 Å². The number of carbonyl (C=O) groups excluding carboxylic acids is 1. The molecule has 0 radical (unpaired) electrons. The molecule has 0 aromatic heterocycles. The Labute approximate surface area is 114 Å². The summed E-state index contributed by atoms with van der Waals surface area (Å²) in [6.45, 7) is 0. The first-order valence-electron chi connectivity index (χ1n) is 4.52. The number of guanidine groups is 1. The smallest absolute Gasteiger partial charge is 0.276 e. The van der Waals surface area contributed by atoms with Gasteiger partial charge in [0.2, 0.25) is 5.96 Å². The Bertz CT molecular complexity index is 544. The van der Waals surface area contributed by atoms with Gasteiger partial charge < -0.3 is 10.8 Å². The lowest BCUT2D eigenvalue weighted by Crippen LogP contribution is -2.30. The SMILES string of the molecule is NC1=N/C(=C\c2cc(Br)c(O)c(Br)c2)C(=O)N1. The second-order valence-electron chi connectivity index (χ2n) is 3.31. The zero-order valence-corrected chi connectivity index (χ0v) is 11.5. The van der Waals surface area contributed by atoms with Crippen molar-refractivity contribution in [2.24, 2.45) is 10.7 Å². The molecule has 88 valence electrons. The van der Waals surface area contributed by atoms with Gasteiger partial charge in [0.25, 0.3) is 5.91 Å². The van der Waals surface area contributed by atoms with E-state index in [9.17, 15) is 9.90 Å². The number of hydrogen-bond acceptors (Lipinski definition) is 4. The molecular formula is C10H7Br2N3O2. The maximum Gasteiger partial charge on any atom is 0.276 e. The minimum Gasteiger partial charge on any atom is -0.506 e. The molecule has 5 nitrogen and oxygen atoms in total. The second-order valence-corrected chi connectivity index (χ2v) is 5.02. The number of phenols is 1. The highest BCUT2D eigenvalue weighted by Crippen LogP contribution is 2.34. The number of aromatic hydroxyl groups is 1. The molecule has 4 N–H and O–H groups in total. The molecule has 1 aliphatic heterocycles. The van der Waals surface area contributed by atoms with Gasteiger partial charge in [-0.15, -0.1) is 0 Å². The molecule has 0 unspecified atom stereocenters. The molecule has 2 rings (SSSR count). The van der Waals surface area contributed by atoms with E-state index in [4.69, 9.17) is 5.73 Å². The Kier molecular flexibility index (Phi) is 3.21. The van der Waals surface area contributed by atoms with Crippen molar-refractivity contribution in [2.45, 2.75) is 0 Å². The van der Waals surface area contributed by atoms with Gasteiger partial charge in [-0.1, -0.05) is 0 Å². The summed E-state index contributed by atoms with van der Waals surface area (Å²) in [6.07, 6.45) is 1.57. The molecule has 7 heteroatoms. The van der Waals surface area contributed by atoms with Gasteiger partial charge in [-0.2, -0.15) is 0 Å². The van der Waals surface area contributed by atoms with E-state index in [1.54, 1.807) is 18.2 Å². The molecule has 1 aromatic rings. The van der Waals surface area contributed by atoms with Crippen LogP contribution in [0.4, 0.5) is 0 Å². The van der Waals surface area contributed by atoms with E-state index in [0.29, 0.717) is 14.5 Å². The summed E-state index contributed by atoms with van der Waals surface area (Å²) in [6, 6.07) is 3.34. The van der Waals surface area contributed by atoms with E-state index in [2.05, 4.69) is 42.2 Å². The predicted octanol–water partition coefficient (Wildman–Crippen LogP) is 1.70. The van der Waals surface area contributed by atoms with Gasteiger partial charge in [0, 0.05) is 0 Å². The highest BCUT2D eigenvalue weighted by molar-refractivity contribution is 9.11. The van der Waals surface area contributed by atoms with Gasteiger partial charge in [0.05, 0.1) is 8.95 Å². The number of hydrogen-bond donors (Lipinski definition) is 3. The Morgan fingerprint density at radius 1 is 1.35 bits per heavy atom. The molecule has 0 spiro atoms. The topological polar surface area (TPSA) is 87.7 Å². The van der Waals surface area contributed by atoms with E-state index in [0.717, 1.165) is 0 Å². The van der Waals surface area contributed by atoms with Crippen molar-refractivity contribution in [3.8, 4) is 5.75 Å². The molecule has 1 aromatic carbocycles. The summed E-state index contributed by atoms with van der Waals surface area (Å²) in [5.41, 5.74) is 6.31. The first-order chi connectivity index (χ1) is 7.97. The molecule has 0 saturated carbocycles. The third-order valence-corrected chi connectivity index (χ3v) is 3.27. The van der Waals surface area contributed by atoms with Gasteiger partial charge in [-0.3, -0.25) is 10.1 Å². The van der Waals surface area contributed by atoms with Crippen molar-refractivity contribution in [1.82, 2.24) is 5.32 Å². The average Bonchev–Trinajstić information content (AvgIpc) is 2.54. The van der Waals surface area contributed by atoms with Crippen LogP contribution in [0.1, 0.15) is 5.56 Å². The zero-order chi connectivity index (χ0) is 12.6. The first-order valence-corrected chi connectivity index (χ1v) is 6.11. The van der Waals surface area contributed by atoms with E-state index in [-0.39, 0.29) is 23.3 Å². The molecule has 1 aliphatic rings. The Hall–Kier alpha value is -1.34. The molecule has 1 heterocycles. The van der Waals surface area contributed by atoms with Crippen LogP contribution in [0.25, 0.3) is 6.08 Å². The number of phenolic OH excluding ortho intramolecular Hbond substituents is 1. The number of aliphatic imine (C=N–C) groups is 1. The van der Waals surface area contributed by atoms with Gasteiger partial charge in [-0.05, 0) is 55.6 Å². The lowest BCUT2D eigenvalue weighted by molar-refractivity contribution is -0.115. The van der Waals surface area contributed by atoms with E-state index < -0.39 is 0 Å². The number of nitrogens with one attached hydrogen (secondary N) is 1. The summed E-state index contributed by atoms with van der Waals surface area (Å²) in [5.74, 6) is -0.160. The number of nitrogens with two attached hydrogens (primary N) is 1. The second kappa shape index (κ2) is 4.50. The van der Waals surface area contributed by atoms with Crippen LogP contribution in [0.5, 0.6) is 5.75 Å². The number of benzene rings is 1. The van der Waals surface area contributed by atoms with Crippen LogP contribution in [-0.4, -0.2) is 17.0 Å². The first kappa shape index (κ1) is 12.1. The average molecular weight is 361 g/mol. The van der Waals surface area contributed by atoms with Crippen LogP contribution in [0, 0.1) is 0 Å². The van der Waals surface area contributed by atoms with Crippen LogP contribution in [0.2, 0.25) is 0 Å². The molecule has 0 bridgehead atoms. The maximum atomic E-state index is 11.4. The number of rotatable bonds is 1. The molecule has 0 aliphatic carbocycles. The predicted molar refractivity (Wildman–Crippen MR) is 71.2 cm³/mol. The van der Waals surface area contributed by atoms with Crippen molar-refractivity contribution in [3.63, 3.8) is 0 Å². The van der Waals surface area contributed by atoms with Crippen LogP contribution in [0.3, 0.4) is 0 Å². The molecular weight excluding hydrogens is 354 g/mol. The number of halogens is 2. The normalized spacial score (nSPS) is 17.2. The monoisotopic (exact) mass is 359 g/mol.